The Labute approximate surface area is 196 Å². The Kier molecular flexibility index (Phi) is 7.43. The van der Waals surface area contributed by atoms with Crippen LogP contribution in [0.3, 0.4) is 0 Å². The van der Waals surface area contributed by atoms with Gasteiger partial charge in [-0.15, -0.1) is 0 Å². The Balaban J connectivity index is 1.50. The normalized spacial score (nSPS) is 14.2. The van der Waals surface area contributed by atoms with E-state index in [1.165, 1.54) is 18.2 Å². The number of halogens is 2. The van der Waals surface area contributed by atoms with Gasteiger partial charge < -0.3 is 20.1 Å². The van der Waals surface area contributed by atoms with Crippen LogP contribution in [0.2, 0.25) is 5.02 Å². The highest BCUT2D eigenvalue weighted by Gasteiger charge is 2.17. The van der Waals surface area contributed by atoms with E-state index in [1.807, 2.05) is 0 Å². The Morgan fingerprint density at radius 3 is 2.64 bits per heavy atom. The van der Waals surface area contributed by atoms with Gasteiger partial charge in [-0.2, -0.15) is 5.10 Å². The maximum Gasteiger partial charge on any atom is 0.323 e. The van der Waals surface area contributed by atoms with Crippen LogP contribution in [0.5, 0.6) is 5.75 Å². The van der Waals surface area contributed by atoms with Gasteiger partial charge in [0.1, 0.15) is 18.2 Å². The third kappa shape index (κ3) is 6.01. The SMILES string of the molecule is Cn1ncc(Cl)c1-c1cc(NC(=O)Nc2cccc(F)c2)ccc1OCCN1CCOCC1. The van der Waals surface area contributed by atoms with Gasteiger partial charge >= 0.3 is 6.03 Å². The van der Waals surface area contributed by atoms with Gasteiger partial charge in [0.2, 0.25) is 0 Å². The second-order valence-electron chi connectivity index (χ2n) is 7.57. The van der Waals surface area contributed by atoms with Gasteiger partial charge in [-0.3, -0.25) is 9.58 Å². The Morgan fingerprint density at radius 2 is 1.94 bits per heavy atom. The van der Waals surface area contributed by atoms with Crippen molar-refractivity contribution in [3.8, 4) is 17.0 Å². The van der Waals surface area contributed by atoms with Gasteiger partial charge in [0.05, 0.1) is 30.1 Å². The zero-order valence-corrected chi connectivity index (χ0v) is 18.9. The number of rotatable bonds is 7. The summed E-state index contributed by atoms with van der Waals surface area (Å²) >= 11 is 6.39. The Hall–Kier alpha value is -3.14. The maximum absolute atomic E-state index is 13.4. The number of aryl methyl sites for hydroxylation is 1. The highest BCUT2D eigenvalue weighted by molar-refractivity contribution is 6.33. The van der Waals surface area contributed by atoms with E-state index in [9.17, 15) is 9.18 Å². The van der Waals surface area contributed by atoms with Crippen LogP contribution in [0.25, 0.3) is 11.3 Å². The monoisotopic (exact) mass is 473 g/mol. The number of amides is 2. The van der Waals surface area contributed by atoms with Gasteiger partial charge in [-0.1, -0.05) is 17.7 Å². The lowest BCUT2D eigenvalue weighted by Crippen LogP contribution is -2.38. The minimum atomic E-state index is -0.497. The first-order valence-corrected chi connectivity index (χ1v) is 11.0. The average Bonchev–Trinajstić information content (AvgIpc) is 3.13. The molecule has 0 radical (unpaired) electrons. The summed E-state index contributed by atoms with van der Waals surface area (Å²) < 4.78 is 26.5. The van der Waals surface area contributed by atoms with E-state index in [2.05, 4.69) is 20.6 Å². The van der Waals surface area contributed by atoms with Crippen molar-refractivity contribution in [1.82, 2.24) is 14.7 Å². The number of nitrogens with zero attached hydrogens (tertiary/aromatic N) is 3. The number of urea groups is 1. The van der Waals surface area contributed by atoms with Crippen LogP contribution in [0.1, 0.15) is 0 Å². The molecule has 2 heterocycles. The molecule has 33 heavy (non-hydrogen) atoms. The standard InChI is InChI=1S/C23H25ClFN5O3/c1-29-22(20(24)15-26-29)19-14-18(28-23(31)27-17-4-2-3-16(25)13-17)5-6-21(19)33-12-9-30-7-10-32-11-8-30/h2-6,13-15H,7-12H2,1H3,(H2,27,28,31). The molecule has 2 aromatic carbocycles. The van der Waals surface area contributed by atoms with E-state index in [4.69, 9.17) is 21.1 Å². The summed E-state index contributed by atoms with van der Waals surface area (Å²) in [6, 6.07) is 10.5. The third-order valence-corrected chi connectivity index (χ3v) is 5.51. The molecule has 0 bridgehead atoms. The molecular weight excluding hydrogens is 449 g/mol. The van der Waals surface area contributed by atoms with Gasteiger partial charge in [0.25, 0.3) is 0 Å². The summed E-state index contributed by atoms with van der Waals surface area (Å²) in [7, 11) is 1.79. The summed E-state index contributed by atoms with van der Waals surface area (Å²) in [6.45, 7) is 4.50. The van der Waals surface area contributed by atoms with Crippen molar-refractivity contribution in [3.63, 3.8) is 0 Å². The van der Waals surface area contributed by atoms with Gasteiger partial charge in [0, 0.05) is 43.6 Å². The lowest BCUT2D eigenvalue weighted by atomic mass is 10.1. The van der Waals surface area contributed by atoms with E-state index >= 15 is 0 Å². The number of hydrogen-bond donors (Lipinski definition) is 2. The molecule has 8 nitrogen and oxygen atoms in total. The average molecular weight is 474 g/mol. The first-order valence-electron chi connectivity index (χ1n) is 10.6. The quantitative estimate of drug-likeness (QED) is 0.536. The van der Waals surface area contributed by atoms with Crippen LogP contribution >= 0.6 is 11.6 Å². The summed E-state index contributed by atoms with van der Waals surface area (Å²) in [6.07, 6.45) is 1.56. The number of ether oxygens (including phenoxy) is 2. The molecule has 0 aliphatic carbocycles. The van der Waals surface area contributed by atoms with Gasteiger partial charge in [-0.25, -0.2) is 9.18 Å². The van der Waals surface area contributed by atoms with Crippen LogP contribution in [0.15, 0.2) is 48.7 Å². The fourth-order valence-corrected chi connectivity index (χ4v) is 3.87. The lowest BCUT2D eigenvalue weighted by molar-refractivity contribution is 0.0323. The summed E-state index contributed by atoms with van der Waals surface area (Å²) in [4.78, 5) is 14.7. The first-order chi connectivity index (χ1) is 16.0. The van der Waals surface area contributed by atoms with Crippen molar-refractivity contribution in [2.45, 2.75) is 0 Å². The van der Waals surface area contributed by atoms with Crippen LogP contribution in [0.4, 0.5) is 20.6 Å². The van der Waals surface area contributed by atoms with Crippen LogP contribution in [-0.2, 0) is 11.8 Å². The van der Waals surface area contributed by atoms with E-state index < -0.39 is 11.8 Å². The van der Waals surface area contributed by atoms with Crippen molar-refractivity contribution in [2.24, 2.45) is 7.05 Å². The molecule has 0 saturated carbocycles. The zero-order chi connectivity index (χ0) is 23.2. The number of hydrogen-bond acceptors (Lipinski definition) is 5. The number of aromatic nitrogens is 2. The fraction of sp³-hybridized carbons (Fsp3) is 0.304. The Bertz CT molecular complexity index is 1100. The van der Waals surface area contributed by atoms with Gasteiger partial charge in [-0.05, 0) is 36.4 Å². The number of carbonyl (C=O) groups is 1. The molecule has 174 valence electrons. The van der Waals surface area contributed by atoms with Crippen molar-refractivity contribution in [1.29, 1.82) is 0 Å². The molecular formula is C23H25ClFN5O3. The molecule has 3 aromatic rings. The van der Waals surface area contributed by atoms with E-state index in [0.29, 0.717) is 40.0 Å². The highest BCUT2D eigenvalue weighted by Crippen LogP contribution is 2.36. The minimum absolute atomic E-state index is 0.352. The molecule has 1 aliphatic rings. The predicted molar refractivity (Wildman–Crippen MR) is 125 cm³/mol. The molecule has 1 fully saturated rings. The van der Waals surface area contributed by atoms with Crippen molar-refractivity contribution in [3.05, 3.63) is 59.5 Å². The summed E-state index contributed by atoms with van der Waals surface area (Å²) in [5.41, 5.74) is 2.25. The number of benzene rings is 2. The number of anilines is 2. The smallest absolute Gasteiger partial charge is 0.323 e. The second-order valence-corrected chi connectivity index (χ2v) is 7.97. The minimum Gasteiger partial charge on any atom is -0.492 e. The number of nitrogens with one attached hydrogen (secondary N) is 2. The van der Waals surface area contributed by atoms with E-state index in [1.54, 1.807) is 42.2 Å². The lowest BCUT2D eigenvalue weighted by Gasteiger charge is -2.26. The molecule has 0 unspecified atom stereocenters. The molecule has 0 spiro atoms. The van der Waals surface area contributed by atoms with E-state index in [0.717, 1.165) is 32.8 Å². The molecule has 2 N–H and O–H groups in total. The highest BCUT2D eigenvalue weighted by atomic mass is 35.5. The summed E-state index contributed by atoms with van der Waals surface area (Å²) in [5.74, 6) is 0.198. The largest absolute Gasteiger partial charge is 0.492 e. The number of carbonyl (C=O) groups excluding carboxylic acids is 1. The molecule has 10 heteroatoms. The zero-order valence-electron chi connectivity index (χ0n) is 18.2. The maximum atomic E-state index is 13.4. The molecule has 2 amide bonds. The topological polar surface area (TPSA) is 80.7 Å². The van der Waals surface area contributed by atoms with Crippen molar-refractivity contribution >= 4 is 29.0 Å². The first kappa shape index (κ1) is 23.0. The Morgan fingerprint density at radius 1 is 1.18 bits per heavy atom. The van der Waals surface area contributed by atoms with Crippen molar-refractivity contribution in [2.75, 3.05) is 50.1 Å². The molecule has 1 saturated heterocycles. The van der Waals surface area contributed by atoms with Gasteiger partial charge in [0.15, 0.2) is 0 Å². The van der Waals surface area contributed by atoms with Crippen LogP contribution in [-0.4, -0.2) is 60.2 Å². The second kappa shape index (κ2) is 10.7. The number of morpholine rings is 1. The molecule has 4 rings (SSSR count). The van der Waals surface area contributed by atoms with Crippen molar-refractivity contribution < 1.29 is 18.7 Å². The van der Waals surface area contributed by atoms with E-state index in [-0.39, 0.29) is 0 Å². The predicted octanol–water partition coefficient (Wildman–Crippen LogP) is 4.23. The molecule has 0 atom stereocenters. The van der Waals surface area contributed by atoms with Crippen LogP contribution < -0.4 is 15.4 Å². The van der Waals surface area contributed by atoms with Crippen LogP contribution in [0, 0.1) is 5.82 Å². The fourth-order valence-electron chi connectivity index (χ4n) is 3.60. The summed E-state index contributed by atoms with van der Waals surface area (Å²) in [5, 5.41) is 10.1. The molecule has 1 aliphatic heterocycles. The third-order valence-electron chi connectivity index (χ3n) is 5.24. The molecule has 1 aromatic heterocycles.